The molecule has 2 N–H and O–H groups in total. The first-order chi connectivity index (χ1) is 7.72. The molecule has 0 heterocycles. The van der Waals surface area contributed by atoms with E-state index < -0.39 is 0 Å². The Hall–Kier alpha value is 0.200. The van der Waals surface area contributed by atoms with E-state index in [0.29, 0.717) is 0 Å². The van der Waals surface area contributed by atoms with Crippen LogP contribution in [0, 0.1) is 0 Å². The second-order valence-corrected chi connectivity index (χ2v) is 5.50. The number of hydrogen-bond acceptors (Lipinski definition) is 1. The van der Waals surface area contributed by atoms with Crippen molar-refractivity contribution in [3.8, 4) is 0 Å². The maximum Gasteiger partial charge on any atom is 0.133 e. The Morgan fingerprint density at radius 2 is 1.29 bits per heavy atom. The molecule has 0 spiro atoms. The lowest BCUT2D eigenvalue weighted by Crippen LogP contribution is -2.28. The van der Waals surface area contributed by atoms with E-state index in [1.165, 1.54) is 51.4 Å². The van der Waals surface area contributed by atoms with E-state index >= 15 is 0 Å². The highest BCUT2D eigenvalue weighted by molar-refractivity contribution is 8.10. The van der Waals surface area contributed by atoms with Gasteiger partial charge in [-0.25, -0.2) is 0 Å². The lowest BCUT2D eigenvalue weighted by molar-refractivity contribution is 0.398. The fraction of sp³-hybridized carbons (Fsp3) is 0.923. The summed E-state index contributed by atoms with van der Waals surface area (Å²) >= 11 is 9.46. The number of unbranched alkanes of at least 4 members (excludes halogenated alkanes) is 6. The molecule has 0 amide bonds. The third-order valence-electron chi connectivity index (χ3n) is 2.83. The van der Waals surface area contributed by atoms with Crippen LogP contribution >= 0.6 is 24.8 Å². The molecule has 0 aromatic rings. The summed E-state index contributed by atoms with van der Waals surface area (Å²) < 4.78 is 0.771. The van der Waals surface area contributed by atoms with Crippen LogP contribution in [0.5, 0.6) is 0 Å². The molecule has 0 saturated heterocycles. The molecule has 0 radical (unpaired) electrons. The number of hydrogen-bond donors (Lipinski definition) is 1. The Bertz CT molecular complexity index is 165. The van der Waals surface area contributed by atoms with Crippen molar-refractivity contribution in [1.29, 1.82) is 0 Å². The van der Waals surface area contributed by atoms with E-state index in [-0.39, 0.29) is 5.48 Å². The van der Waals surface area contributed by atoms with E-state index in [9.17, 15) is 0 Å². The van der Waals surface area contributed by atoms with Gasteiger partial charge in [-0.15, -0.1) is 12.6 Å². The molecule has 104 valence electrons. The minimum atomic E-state index is 0. The van der Waals surface area contributed by atoms with Crippen LogP contribution in [0.4, 0.5) is 0 Å². The number of nitrogens with zero attached hydrogens (tertiary/aromatic N) is 1. The van der Waals surface area contributed by atoms with Gasteiger partial charge in [0.2, 0.25) is 0 Å². The molecule has 0 atom stereocenters. The Morgan fingerprint density at radius 1 is 0.882 bits per heavy atom. The molecular weight excluding hydrogens is 250 g/mol. The van der Waals surface area contributed by atoms with Crippen LogP contribution in [0.3, 0.4) is 0 Å². The molecule has 2 nitrogen and oxygen atoms in total. The summed E-state index contributed by atoms with van der Waals surface area (Å²) in [5.41, 5.74) is 0. The van der Waals surface area contributed by atoms with E-state index in [0.717, 1.165) is 17.4 Å². The molecule has 17 heavy (non-hydrogen) atoms. The van der Waals surface area contributed by atoms with Crippen molar-refractivity contribution in [1.82, 2.24) is 4.90 Å². The molecule has 0 saturated carbocycles. The van der Waals surface area contributed by atoms with Crippen molar-refractivity contribution >= 4 is 29.2 Å². The Labute approximate surface area is 118 Å². The topological polar surface area (TPSA) is 34.7 Å². The largest absolute Gasteiger partial charge is 0.412 e. The zero-order chi connectivity index (χ0) is 12.2. The van der Waals surface area contributed by atoms with Gasteiger partial charge >= 0.3 is 0 Å². The smallest absolute Gasteiger partial charge is 0.133 e. The predicted octanol–water partition coefficient (Wildman–Crippen LogP) is 3.84. The number of rotatable bonds is 10. The van der Waals surface area contributed by atoms with Gasteiger partial charge in [-0.1, -0.05) is 64.6 Å². The van der Waals surface area contributed by atoms with Crippen molar-refractivity contribution < 1.29 is 5.48 Å². The van der Waals surface area contributed by atoms with Crippen LogP contribution in [-0.4, -0.2) is 27.8 Å². The molecule has 0 rings (SSSR count). The first-order valence-corrected chi connectivity index (χ1v) is 7.55. The van der Waals surface area contributed by atoms with E-state index in [4.69, 9.17) is 12.2 Å². The molecule has 4 heteroatoms. The Kier molecular flexibility index (Phi) is 16.4. The first kappa shape index (κ1) is 19.5. The average Bonchev–Trinajstić information content (AvgIpc) is 2.26. The summed E-state index contributed by atoms with van der Waals surface area (Å²) in [7, 11) is 0. The molecular formula is C13H29NOS2. The highest BCUT2D eigenvalue weighted by atomic mass is 32.1. The zero-order valence-electron chi connectivity index (χ0n) is 11.4. The molecule has 0 aliphatic heterocycles. The van der Waals surface area contributed by atoms with Gasteiger partial charge in [0.05, 0.1) is 0 Å². The van der Waals surface area contributed by atoms with E-state index in [2.05, 4.69) is 31.4 Å². The monoisotopic (exact) mass is 279 g/mol. The van der Waals surface area contributed by atoms with Crippen molar-refractivity contribution in [2.75, 3.05) is 13.1 Å². The number of thiocarbonyl (C=S) groups is 1. The van der Waals surface area contributed by atoms with Gasteiger partial charge in [-0.05, 0) is 12.8 Å². The Balaban J connectivity index is 0. The highest BCUT2D eigenvalue weighted by Crippen LogP contribution is 2.07. The summed E-state index contributed by atoms with van der Waals surface area (Å²) in [5.74, 6) is 0. The standard InChI is InChI=1S/C13H27NS2.H2O/c1-3-5-7-9-11-14(13(15)16)12-10-8-6-4-2;/h3-12H2,1-2H3,(H,15,16);1H2. The maximum atomic E-state index is 5.16. The lowest BCUT2D eigenvalue weighted by atomic mass is 10.2. The third kappa shape index (κ3) is 12.4. The van der Waals surface area contributed by atoms with Crippen LogP contribution in [0.2, 0.25) is 0 Å². The number of thiol groups is 1. The second-order valence-electron chi connectivity index (χ2n) is 4.39. The van der Waals surface area contributed by atoms with Crippen molar-refractivity contribution in [3.63, 3.8) is 0 Å². The van der Waals surface area contributed by atoms with Crippen molar-refractivity contribution in [2.45, 2.75) is 65.2 Å². The fourth-order valence-electron chi connectivity index (χ4n) is 1.76. The van der Waals surface area contributed by atoms with E-state index in [1.54, 1.807) is 0 Å². The minimum absolute atomic E-state index is 0. The van der Waals surface area contributed by atoms with Gasteiger partial charge < -0.3 is 10.4 Å². The highest BCUT2D eigenvalue weighted by Gasteiger charge is 2.04. The van der Waals surface area contributed by atoms with Gasteiger partial charge in [0.1, 0.15) is 4.32 Å². The van der Waals surface area contributed by atoms with Crippen molar-refractivity contribution in [3.05, 3.63) is 0 Å². The van der Waals surface area contributed by atoms with Crippen LogP contribution < -0.4 is 0 Å². The SMILES string of the molecule is CCCCCCN(CCCCCC)C(=S)S.O. The summed E-state index contributed by atoms with van der Waals surface area (Å²) in [5, 5.41) is 0. The predicted molar refractivity (Wildman–Crippen MR) is 85.1 cm³/mol. The van der Waals surface area contributed by atoms with Crippen LogP contribution in [-0.2, 0) is 0 Å². The molecule has 0 aliphatic rings. The molecule has 0 aromatic heterocycles. The Morgan fingerprint density at radius 3 is 1.59 bits per heavy atom. The van der Waals surface area contributed by atoms with Crippen molar-refractivity contribution in [2.24, 2.45) is 0 Å². The summed E-state index contributed by atoms with van der Waals surface area (Å²) in [4.78, 5) is 2.25. The summed E-state index contributed by atoms with van der Waals surface area (Å²) in [6.07, 6.45) is 10.4. The van der Waals surface area contributed by atoms with Crippen LogP contribution in [0.1, 0.15) is 65.2 Å². The molecule has 0 fully saturated rings. The van der Waals surface area contributed by atoms with Gasteiger partial charge in [0.25, 0.3) is 0 Å². The van der Waals surface area contributed by atoms with Crippen LogP contribution in [0.15, 0.2) is 0 Å². The average molecular weight is 280 g/mol. The summed E-state index contributed by atoms with van der Waals surface area (Å²) in [6, 6.07) is 0. The maximum absolute atomic E-state index is 5.16. The fourth-order valence-corrected chi connectivity index (χ4v) is 2.14. The van der Waals surface area contributed by atoms with Gasteiger partial charge in [-0.3, -0.25) is 0 Å². The molecule has 0 bridgehead atoms. The third-order valence-corrected chi connectivity index (χ3v) is 3.37. The molecule has 0 unspecified atom stereocenters. The van der Waals surface area contributed by atoms with E-state index in [1.807, 2.05) is 0 Å². The molecule has 0 aliphatic carbocycles. The van der Waals surface area contributed by atoms with Gasteiger partial charge in [0.15, 0.2) is 0 Å². The lowest BCUT2D eigenvalue weighted by Gasteiger charge is -2.22. The van der Waals surface area contributed by atoms with Crippen LogP contribution in [0.25, 0.3) is 0 Å². The first-order valence-electron chi connectivity index (χ1n) is 6.70. The van der Waals surface area contributed by atoms with Gasteiger partial charge in [-0.2, -0.15) is 0 Å². The van der Waals surface area contributed by atoms with Gasteiger partial charge in [0, 0.05) is 13.1 Å². The zero-order valence-corrected chi connectivity index (χ0v) is 13.1. The quantitative estimate of drug-likeness (QED) is 0.374. The molecule has 0 aromatic carbocycles. The second kappa shape index (κ2) is 14.3. The minimum Gasteiger partial charge on any atom is -0.412 e. The normalized spacial score (nSPS) is 9.82. The summed E-state index contributed by atoms with van der Waals surface area (Å²) in [6.45, 7) is 6.67.